The molecule has 1 heterocycles. The molecule has 0 radical (unpaired) electrons. The Morgan fingerprint density at radius 2 is 2.03 bits per heavy atom. The van der Waals surface area contributed by atoms with Gasteiger partial charge in [0.25, 0.3) is 5.91 Å². The highest BCUT2D eigenvalue weighted by Crippen LogP contribution is 2.41. The van der Waals surface area contributed by atoms with Crippen LogP contribution in [0.5, 0.6) is 5.75 Å². The molecule has 2 aromatic rings. The lowest BCUT2D eigenvalue weighted by Gasteiger charge is -2.41. The van der Waals surface area contributed by atoms with E-state index in [9.17, 15) is 9.59 Å². The largest absolute Gasteiger partial charge is 0.494 e. The van der Waals surface area contributed by atoms with Crippen molar-refractivity contribution in [2.75, 3.05) is 26.1 Å². The number of aromatic nitrogens is 2. The minimum absolute atomic E-state index is 0.0305. The summed E-state index contributed by atoms with van der Waals surface area (Å²) in [4.78, 5) is 22.4. The van der Waals surface area contributed by atoms with Crippen LogP contribution >= 0.6 is 0 Å². The fourth-order valence-electron chi connectivity index (χ4n) is 3.82. The van der Waals surface area contributed by atoms with Crippen molar-refractivity contribution < 1.29 is 19.1 Å². The summed E-state index contributed by atoms with van der Waals surface area (Å²) in [5.74, 6) is -0.387. The summed E-state index contributed by atoms with van der Waals surface area (Å²) in [5.41, 5.74) is 18.8. The zero-order valence-corrected chi connectivity index (χ0v) is 18.6. The van der Waals surface area contributed by atoms with Gasteiger partial charge in [0.1, 0.15) is 17.3 Å². The topological polar surface area (TPSA) is 173 Å². The maximum atomic E-state index is 11.7. The van der Waals surface area contributed by atoms with Gasteiger partial charge in [0, 0.05) is 30.5 Å². The third-order valence-corrected chi connectivity index (χ3v) is 5.65. The smallest absolute Gasteiger partial charge is 0.266 e. The van der Waals surface area contributed by atoms with E-state index in [1.54, 1.807) is 19.4 Å². The molecule has 0 bridgehead atoms. The van der Waals surface area contributed by atoms with Crippen LogP contribution in [-0.2, 0) is 19.9 Å². The number of nitrogens with zero attached hydrogens (tertiary/aromatic N) is 2. The van der Waals surface area contributed by atoms with E-state index in [1.807, 2.05) is 23.0 Å². The molecular weight excluding hydrogens is 426 g/mol. The number of methoxy groups -OCH3 is 2. The molecule has 2 amide bonds. The summed E-state index contributed by atoms with van der Waals surface area (Å²) in [6, 6.07) is 5.46. The van der Waals surface area contributed by atoms with Gasteiger partial charge in [-0.15, -0.1) is 0 Å². The molecule has 8 N–H and O–H groups in total. The molecule has 1 aromatic carbocycles. The van der Waals surface area contributed by atoms with Gasteiger partial charge in [-0.25, -0.2) is 0 Å². The first kappa shape index (κ1) is 23.7. The van der Waals surface area contributed by atoms with Crippen LogP contribution in [0, 0.1) is 0 Å². The number of para-hydroxylation sites is 1. The maximum absolute atomic E-state index is 11.7. The minimum Gasteiger partial charge on any atom is -0.494 e. The van der Waals surface area contributed by atoms with Crippen molar-refractivity contribution in [2.24, 2.45) is 17.2 Å². The molecule has 176 valence electrons. The highest BCUT2D eigenvalue weighted by molar-refractivity contribution is 5.93. The Hall–Kier alpha value is -3.99. The number of nitrogens with two attached hydrogens (primary N) is 3. The lowest BCUT2D eigenvalue weighted by atomic mass is 9.77. The summed E-state index contributed by atoms with van der Waals surface area (Å²) >= 11 is 0. The Morgan fingerprint density at radius 3 is 2.61 bits per heavy atom. The number of anilines is 1. The first-order chi connectivity index (χ1) is 15.8. The fourth-order valence-corrected chi connectivity index (χ4v) is 3.82. The average Bonchev–Trinajstić information content (AvgIpc) is 3.25. The van der Waals surface area contributed by atoms with Crippen molar-refractivity contribution in [1.29, 1.82) is 0 Å². The van der Waals surface area contributed by atoms with E-state index in [0.717, 1.165) is 30.4 Å². The van der Waals surface area contributed by atoms with Crippen molar-refractivity contribution in [1.82, 2.24) is 15.1 Å². The number of nitrogens with one attached hydrogen (secondary N) is 2. The molecule has 11 nitrogen and oxygen atoms in total. The number of hydrogen-bond acceptors (Lipinski definition) is 8. The van der Waals surface area contributed by atoms with E-state index in [-0.39, 0.29) is 22.8 Å². The number of allylic oxidation sites excluding steroid dienone is 1. The first-order valence-electron chi connectivity index (χ1n) is 10.3. The third-order valence-electron chi connectivity index (χ3n) is 5.65. The van der Waals surface area contributed by atoms with E-state index < -0.39 is 5.91 Å². The van der Waals surface area contributed by atoms with Crippen molar-refractivity contribution in [3.8, 4) is 16.9 Å². The summed E-state index contributed by atoms with van der Waals surface area (Å²) in [5, 5.41) is 9.90. The van der Waals surface area contributed by atoms with E-state index in [0.29, 0.717) is 24.5 Å². The molecule has 33 heavy (non-hydrogen) atoms. The molecule has 1 aromatic heterocycles. The minimum atomic E-state index is -0.854. The number of carbonyl (C=O) groups is 2. The van der Waals surface area contributed by atoms with E-state index >= 15 is 0 Å². The predicted molar refractivity (Wildman–Crippen MR) is 123 cm³/mol. The normalized spacial score (nSPS) is 15.8. The van der Waals surface area contributed by atoms with Crippen LogP contribution in [0.15, 0.2) is 53.9 Å². The Morgan fingerprint density at radius 1 is 1.27 bits per heavy atom. The van der Waals surface area contributed by atoms with Crippen LogP contribution in [0.2, 0.25) is 0 Å². The Balaban J connectivity index is 2.00. The zero-order chi connectivity index (χ0) is 24.0. The number of hydrogen-bond donors (Lipinski definition) is 5. The van der Waals surface area contributed by atoms with Crippen molar-refractivity contribution >= 4 is 18.0 Å². The second-order valence-corrected chi connectivity index (χ2v) is 7.75. The summed E-state index contributed by atoms with van der Waals surface area (Å²) in [6.45, 7) is 0.593. The van der Waals surface area contributed by atoms with Gasteiger partial charge in [-0.2, -0.15) is 5.10 Å². The van der Waals surface area contributed by atoms with Crippen molar-refractivity contribution in [3.63, 3.8) is 0 Å². The first-order valence-corrected chi connectivity index (χ1v) is 10.3. The van der Waals surface area contributed by atoms with E-state index in [1.165, 1.54) is 13.2 Å². The van der Waals surface area contributed by atoms with E-state index in [4.69, 9.17) is 26.7 Å². The SMILES string of the molecule is COCC1(n2cc(-c3cccc(NC(/C=C(\N)NC=O)=C(/N)C(N)=O)c3OC)cn2)CCC1. The summed E-state index contributed by atoms with van der Waals surface area (Å²) in [6.07, 6.45) is 8.59. The lowest BCUT2D eigenvalue weighted by molar-refractivity contribution is -0.114. The standard InChI is InChI=1S/C22H29N7O4/c1-32-12-22(7-4-8-22)29-11-14(10-27-29)15-5-3-6-16(20(15)33-2)28-17(19(24)21(25)31)9-18(23)26-13-30/h3,5-6,9-11,13,28H,4,7-8,12,23-24H2,1-2H3,(H2,25,31)(H,26,30)/b18-9+,19-17+. The van der Waals surface area contributed by atoms with Gasteiger partial charge in [0.15, 0.2) is 0 Å². The van der Waals surface area contributed by atoms with Gasteiger partial charge >= 0.3 is 0 Å². The van der Waals surface area contributed by atoms with Gasteiger partial charge < -0.3 is 37.3 Å². The van der Waals surface area contributed by atoms with Gasteiger partial charge in [-0.3, -0.25) is 14.3 Å². The number of ether oxygens (including phenoxy) is 2. The monoisotopic (exact) mass is 455 g/mol. The van der Waals surface area contributed by atoms with Crippen LogP contribution in [0.3, 0.4) is 0 Å². The number of benzene rings is 1. The molecule has 0 atom stereocenters. The Kier molecular flexibility index (Phi) is 7.23. The zero-order valence-electron chi connectivity index (χ0n) is 18.6. The summed E-state index contributed by atoms with van der Waals surface area (Å²) in [7, 11) is 3.23. The molecule has 0 saturated heterocycles. The molecule has 1 saturated carbocycles. The second kappa shape index (κ2) is 10.1. The Bertz CT molecular complexity index is 1090. The quantitative estimate of drug-likeness (QED) is 0.187. The van der Waals surface area contributed by atoms with Crippen molar-refractivity contribution in [3.05, 3.63) is 53.9 Å². The maximum Gasteiger partial charge on any atom is 0.266 e. The van der Waals surface area contributed by atoms with Crippen LogP contribution in [-0.4, -0.2) is 42.9 Å². The van der Waals surface area contributed by atoms with Crippen LogP contribution < -0.4 is 32.6 Å². The average molecular weight is 456 g/mol. The highest BCUT2D eigenvalue weighted by Gasteiger charge is 2.39. The molecule has 0 spiro atoms. The molecule has 1 aliphatic carbocycles. The third kappa shape index (κ3) is 4.93. The number of amides is 2. The second-order valence-electron chi connectivity index (χ2n) is 7.75. The van der Waals surface area contributed by atoms with Gasteiger partial charge in [0.2, 0.25) is 6.41 Å². The predicted octanol–water partition coefficient (Wildman–Crippen LogP) is 0.698. The summed E-state index contributed by atoms with van der Waals surface area (Å²) < 4.78 is 13.1. The molecule has 0 aliphatic heterocycles. The molecule has 3 rings (SSSR count). The molecule has 0 unspecified atom stereocenters. The Labute approximate surface area is 191 Å². The fraction of sp³-hybridized carbons (Fsp3) is 0.318. The highest BCUT2D eigenvalue weighted by atomic mass is 16.5. The van der Waals surface area contributed by atoms with Crippen LogP contribution in [0.4, 0.5) is 5.69 Å². The molecule has 11 heteroatoms. The molecule has 1 aliphatic rings. The number of rotatable bonds is 11. The van der Waals surface area contributed by atoms with Gasteiger partial charge in [-0.05, 0) is 25.3 Å². The van der Waals surface area contributed by atoms with Crippen LogP contribution in [0.1, 0.15) is 19.3 Å². The molecule has 1 fully saturated rings. The van der Waals surface area contributed by atoms with Gasteiger partial charge in [0.05, 0.1) is 36.8 Å². The van der Waals surface area contributed by atoms with Crippen LogP contribution in [0.25, 0.3) is 11.1 Å². The molecular formula is C22H29N7O4. The number of carbonyl (C=O) groups excluding carboxylic acids is 2. The van der Waals surface area contributed by atoms with Gasteiger partial charge in [-0.1, -0.05) is 12.1 Å². The van der Waals surface area contributed by atoms with Crippen molar-refractivity contribution in [2.45, 2.75) is 24.8 Å². The lowest BCUT2D eigenvalue weighted by Crippen LogP contribution is -2.44. The van der Waals surface area contributed by atoms with E-state index in [2.05, 4.69) is 15.7 Å². The number of primary amides is 1.